The maximum Gasteiger partial charge on any atom is 0.0645 e. The van der Waals surface area contributed by atoms with Gasteiger partial charge in [0.1, 0.15) is 0 Å². The van der Waals surface area contributed by atoms with Gasteiger partial charge in [0.15, 0.2) is 0 Å². The molecule has 0 bridgehead atoms. The quantitative estimate of drug-likeness (QED) is 0.276. The molecule has 0 spiro atoms. The zero-order chi connectivity index (χ0) is 19.8. The van der Waals surface area contributed by atoms with Gasteiger partial charge in [-0.25, -0.2) is 0 Å². The van der Waals surface area contributed by atoms with Gasteiger partial charge in [0.05, 0.1) is 27.9 Å². The van der Waals surface area contributed by atoms with Crippen LogP contribution in [0.3, 0.4) is 0 Å². The van der Waals surface area contributed by atoms with E-state index in [1.807, 2.05) is 18.5 Å². The van der Waals surface area contributed by atoms with Gasteiger partial charge in [0, 0.05) is 27.7 Å². The van der Waals surface area contributed by atoms with Crippen molar-refractivity contribution in [2.24, 2.45) is 0 Å². The van der Waals surface area contributed by atoms with E-state index in [2.05, 4.69) is 82.3 Å². The molecule has 30 heavy (non-hydrogen) atoms. The summed E-state index contributed by atoms with van der Waals surface area (Å²) in [6.07, 6.45) is 3.72. The fourth-order valence-electron chi connectivity index (χ4n) is 5.13. The molecule has 2 aromatic heterocycles. The summed E-state index contributed by atoms with van der Waals surface area (Å²) in [5.41, 5.74) is 8.33. The zero-order valence-electron chi connectivity index (χ0n) is 15.9. The molecular weight excluding hydrogens is 388 g/mol. The van der Waals surface area contributed by atoms with Gasteiger partial charge in [-0.3, -0.25) is 4.98 Å². The standard InChI is InChI=1S/C27H15ClN2/c28-22-14-24-27-25-19(9-3-11-21(22)25)17-7-1-2-8-18(17)20-10-4-12-23(26(20)27)30(24)16-6-5-13-29-15-16/h1-15H. The lowest BCUT2D eigenvalue weighted by molar-refractivity contribution is 1.14. The Morgan fingerprint density at radius 2 is 1.37 bits per heavy atom. The van der Waals surface area contributed by atoms with Crippen molar-refractivity contribution in [2.45, 2.75) is 0 Å². The number of hydrogen-bond donors (Lipinski definition) is 0. The SMILES string of the molecule is Clc1cc2c3c4c(cccc14)-c1ccccc1-c1cccc(c13)n2-c1cccnc1. The van der Waals surface area contributed by atoms with E-state index in [-0.39, 0.29) is 0 Å². The van der Waals surface area contributed by atoms with Crippen LogP contribution in [-0.2, 0) is 0 Å². The number of halogens is 1. The molecular formula is C27H15ClN2. The van der Waals surface area contributed by atoms with Crippen LogP contribution in [0.25, 0.3) is 60.5 Å². The third kappa shape index (κ3) is 1.92. The number of rotatable bonds is 1. The summed E-state index contributed by atoms with van der Waals surface area (Å²) in [5, 5.41) is 5.63. The first-order chi connectivity index (χ1) is 14.8. The molecule has 2 heterocycles. The second kappa shape index (κ2) is 5.71. The molecule has 2 nitrogen and oxygen atoms in total. The van der Waals surface area contributed by atoms with E-state index < -0.39 is 0 Å². The highest BCUT2D eigenvalue weighted by molar-refractivity contribution is 6.41. The minimum absolute atomic E-state index is 0.772. The smallest absolute Gasteiger partial charge is 0.0645 e. The van der Waals surface area contributed by atoms with Gasteiger partial charge < -0.3 is 4.57 Å². The van der Waals surface area contributed by atoms with Crippen LogP contribution in [0.4, 0.5) is 0 Å². The number of benzene rings is 4. The Morgan fingerprint density at radius 3 is 2.13 bits per heavy atom. The lowest BCUT2D eigenvalue weighted by Gasteiger charge is -2.14. The topological polar surface area (TPSA) is 17.8 Å². The Hall–Kier alpha value is -3.62. The fourth-order valence-corrected chi connectivity index (χ4v) is 5.39. The average molecular weight is 403 g/mol. The summed E-state index contributed by atoms with van der Waals surface area (Å²) in [6, 6.07) is 27.9. The summed E-state index contributed by atoms with van der Waals surface area (Å²) in [5.74, 6) is 0. The highest BCUT2D eigenvalue weighted by Gasteiger charge is 2.25. The fraction of sp³-hybridized carbons (Fsp3) is 0. The molecule has 0 atom stereocenters. The highest BCUT2D eigenvalue weighted by atomic mass is 35.5. The first kappa shape index (κ1) is 16.2. The first-order valence-electron chi connectivity index (χ1n) is 10.0. The van der Waals surface area contributed by atoms with E-state index in [1.54, 1.807) is 0 Å². The summed E-state index contributed by atoms with van der Waals surface area (Å²) in [7, 11) is 0. The van der Waals surface area contributed by atoms with E-state index in [0.29, 0.717) is 0 Å². The predicted molar refractivity (Wildman–Crippen MR) is 126 cm³/mol. The molecule has 140 valence electrons. The molecule has 0 radical (unpaired) electrons. The van der Waals surface area contributed by atoms with E-state index in [1.165, 1.54) is 43.9 Å². The van der Waals surface area contributed by atoms with Gasteiger partial charge >= 0.3 is 0 Å². The van der Waals surface area contributed by atoms with Crippen LogP contribution in [0.1, 0.15) is 0 Å². The van der Waals surface area contributed by atoms with Gasteiger partial charge in [-0.15, -0.1) is 0 Å². The van der Waals surface area contributed by atoms with Crippen LogP contribution in [-0.4, -0.2) is 9.55 Å². The maximum absolute atomic E-state index is 6.87. The van der Waals surface area contributed by atoms with Gasteiger partial charge in [-0.2, -0.15) is 0 Å². The van der Waals surface area contributed by atoms with E-state index in [9.17, 15) is 0 Å². The maximum atomic E-state index is 6.87. The molecule has 0 saturated heterocycles. The number of fused-ring (bicyclic) bond motifs is 3. The summed E-state index contributed by atoms with van der Waals surface area (Å²) in [4.78, 5) is 4.38. The molecule has 1 aliphatic carbocycles. The second-order valence-corrected chi connectivity index (χ2v) is 8.18. The van der Waals surface area contributed by atoms with Crippen molar-refractivity contribution in [3.05, 3.63) is 96.3 Å². The average Bonchev–Trinajstić information content (AvgIpc) is 3.06. The molecule has 6 aromatic rings. The Morgan fingerprint density at radius 1 is 0.633 bits per heavy atom. The van der Waals surface area contributed by atoms with Gasteiger partial charge in [0.25, 0.3) is 0 Å². The molecule has 1 aliphatic rings. The van der Waals surface area contributed by atoms with Gasteiger partial charge in [-0.1, -0.05) is 66.2 Å². The minimum Gasteiger partial charge on any atom is -0.308 e. The van der Waals surface area contributed by atoms with Crippen molar-refractivity contribution in [2.75, 3.05) is 0 Å². The molecule has 0 amide bonds. The Bertz CT molecular complexity index is 1640. The van der Waals surface area contributed by atoms with Crippen molar-refractivity contribution in [1.29, 1.82) is 0 Å². The summed E-state index contributed by atoms with van der Waals surface area (Å²) in [6.45, 7) is 0. The lowest BCUT2D eigenvalue weighted by Crippen LogP contribution is -1.95. The van der Waals surface area contributed by atoms with Crippen LogP contribution in [0, 0.1) is 0 Å². The van der Waals surface area contributed by atoms with E-state index in [0.717, 1.165) is 21.6 Å². The molecule has 0 fully saturated rings. The molecule has 0 saturated carbocycles. The Balaban J connectivity index is 1.86. The Kier molecular flexibility index (Phi) is 3.09. The van der Waals surface area contributed by atoms with Crippen LogP contribution in [0.5, 0.6) is 0 Å². The second-order valence-electron chi connectivity index (χ2n) is 7.77. The number of nitrogens with zero attached hydrogens (tertiary/aromatic N) is 2. The summed E-state index contributed by atoms with van der Waals surface area (Å²) < 4.78 is 2.29. The van der Waals surface area contributed by atoms with Crippen LogP contribution in [0.15, 0.2) is 91.3 Å². The van der Waals surface area contributed by atoms with Crippen molar-refractivity contribution in [3.63, 3.8) is 0 Å². The first-order valence-corrected chi connectivity index (χ1v) is 10.4. The van der Waals surface area contributed by atoms with Crippen LogP contribution < -0.4 is 0 Å². The van der Waals surface area contributed by atoms with E-state index in [4.69, 9.17) is 11.6 Å². The largest absolute Gasteiger partial charge is 0.308 e. The van der Waals surface area contributed by atoms with Crippen molar-refractivity contribution >= 4 is 44.2 Å². The van der Waals surface area contributed by atoms with Gasteiger partial charge in [0.2, 0.25) is 0 Å². The molecule has 3 heteroatoms. The van der Waals surface area contributed by atoms with Crippen molar-refractivity contribution in [3.8, 4) is 27.9 Å². The van der Waals surface area contributed by atoms with E-state index >= 15 is 0 Å². The minimum atomic E-state index is 0.772. The van der Waals surface area contributed by atoms with Crippen LogP contribution >= 0.6 is 11.6 Å². The monoisotopic (exact) mass is 402 g/mol. The number of hydrogen-bond acceptors (Lipinski definition) is 1. The molecule has 7 rings (SSSR count). The predicted octanol–water partition coefficient (Wildman–Crippen LogP) is 7.63. The Labute approximate surface area is 178 Å². The van der Waals surface area contributed by atoms with Crippen LogP contribution in [0.2, 0.25) is 5.02 Å². The molecule has 0 unspecified atom stereocenters. The normalized spacial score (nSPS) is 12.2. The number of pyridine rings is 1. The molecule has 0 aliphatic heterocycles. The van der Waals surface area contributed by atoms with Crippen molar-refractivity contribution < 1.29 is 0 Å². The van der Waals surface area contributed by atoms with Gasteiger partial charge in [-0.05, 0) is 46.5 Å². The van der Waals surface area contributed by atoms with Crippen molar-refractivity contribution in [1.82, 2.24) is 9.55 Å². The number of aromatic nitrogens is 2. The zero-order valence-corrected chi connectivity index (χ0v) is 16.7. The third-order valence-electron chi connectivity index (χ3n) is 6.28. The summed E-state index contributed by atoms with van der Waals surface area (Å²) >= 11 is 6.87. The third-order valence-corrected chi connectivity index (χ3v) is 6.59. The molecule has 0 N–H and O–H groups in total. The molecule has 4 aromatic carbocycles. The highest BCUT2D eigenvalue weighted by Crippen LogP contribution is 2.50. The lowest BCUT2D eigenvalue weighted by atomic mass is 9.93.